The second kappa shape index (κ2) is 2.62. The van der Waals surface area contributed by atoms with Gasteiger partial charge < -0.3 is 5.32 Å². The topological polar surface area (TPSA) is 57.8 Å². The average Bonchev–Trinajstić information content (AvgIpc) is 2.43. The van der Waals surface area contributed by atoms with Crippen molar-refractivity contribution in [3.05, 3.63) is 11.9 Å². The number of aromatic nitrogens is 2. The van der Waals surface area contributed by atoms with Crippen LogP contribution in [0.1, 0.15) is 19.0 Å². The Balaban J connectivity index is 2.30. The molecule has 0 bridgehead atoms. The van der Waals surface area contributed by atoms with E-state index in [1.54, 1.807) is 6.20 Å². The van der Waals surface area contributed by atoms with Crippen LogP contribution in [0.3, 0.4) is 0 Å². The van der Waals surface area contributed by atoms with Crippen molar-refractivity contribution in [3.63, 3.8) is 0 Å². The van der Waals surface area contributed by atoms with Gasteiger partial charge in [-0.25, -0.2) is 0 Å². The molecule has 2 heterocycles. The van der Waals surface area contributed by atoms with Crippen molar-refractivity contribution < 1.29 is 4.79 Å². The lowest BCUT2D eigenvalue weighted by atomic mass is 10.1. The minimum absolute atomic E-state index is 0.0927. The van der Waals surface area contributed by atoms with Crippen molar-refractivity contribution in [1.29, 1.82) is 0 Å². The molecule has 2 rings (SSSR count). The van der Waals surface area contributed by atoms with Crippen LogP contribution >= 0.6 is 0 Å². The van der Waals surface area contributed by atoms with Crippen molar-refractivity contribution in [2.75, 3.05) is 5.32 Å². The van der Waals surface area contributed by atoms with Gasteiger partial charge in [0.25, 0.3) is 0 Å². The lowest BCUT2D eigenvalue weighted by Gasteiger charge is -2.04. The van der Waals surface area contributed by atoms with Crippen LogP contribution in [0.5, 0.6) is 0 Å². The third-order valence-corrected chi connectivity index (χ3v) is 2.25. The van der Waals surface area contributed by atoms with E-state index in [1.165, 1.54) is 0 Å². The van der Waals surface area contributed by atoms with Crippen LogP contribution in [0.4, 0.5) is 5.69 Å². The molecule has 0 aromatic carbocycles. The van der Waals surface area contributed by atoms with Crippen molar-refractivity contribution in [1.82, 2.24) is 10.2 Å². The van der Waals surface area contributed by atoms with Crippen LogP contribution in [0.15, 0.2) is 6.20 Å². The van der Waals surface area contributed by atoms with Gasteiger partial charge in [-0.3, -0.25) is 9.89 Å². The summed E-state index contributed by atoms with van der Waals surface area (Å²) in [5, 5.41) is 9.56. The van der Waals surface area contributed by atoms with E-state index in [0.29, 0.717) is 0 Å². The fourth-order valence-electron chi connectivity index (χ4n) is 1.36. The van der Waals surface area contributed by atoms with Gasteiger partial charge in [0.05, 0.1) is 17.6 Å². The number of aryl methyl sites for hydroxylation is 1. The predicted octanol–water partition coefficient (Wildman–Crippen LogP) is 0.930. The first-order chi connectivity index (χ1) is 5.77. The lowest BCUT2D eigenvalue weighted by Crippen LogP contribution is -2.18. The molecule has 1 aromatic rings. The number of nitrogens with zero attached hydrogens (tertiary/aromatic N) is 1. The number of fused-ring (bicyclic) bond motifs is 1. The van der Waals surface area contributed by atoms with Gasteiger partial charge in [0.2, 0.25) is 5.91 Å². The number of carbonyl (C=O) groups is 1. The maximum Gasteiger partial charge on any atom is 0.227 e. The second-order valence-electron chi connectivity index (χ2n) is 3.19. The van der Waals surface area contributed by atoms with E-state index in [9.17, 15) is 4.79 Å². The van der Waals surface area contributed by atoms with Crippen molar-refractivity contribution in [2.45, 2.75) is 19.8 Å². The average molecular weight is 165 g/mol. The Kier molecular flexibility index (Phi) is 1.60. The first kappa shape index (κ1) is 7.34. The fraction of sp³-hybridized carbons (Fsp3) is 0.500. The number of hydrogen-bond donors (Lipinski definition) is 2. The maximum absolute atomic E-state index is 11.3. The van der Waals surface area contributed by atoms with E-state index >= 15 is 0 Å². The molecule has 64 valence electrons. The summed E-state index contributed by atoms with van der Waals surface area (Å²) in [6, 6.07) is 0. The zero-order valence-electron chi connectivity index (χ0n) is 6.92. The SMILES string of the molecule is CC1CCc2[nH]ncc2NC1=O. The third kappa shape index (κ3) is 1.09. The third-order valence-electron chi connectivity index (χ3n) is 2.25. The van der Waals surface area contributed by atoms with Gasteiger partial charge in [-0.15, -0.1) is 0 Å². The van der Waals surface area contributed by atoms with E-state index in [1.807, 2.05) is 6.92 Å². The maximum atomic E-state index is 11.3. The van der Waals surface area contributed by atoms with Crippen LogP contribution in [-0.2, 0) is 11.2 Å². The molecule has 1 amide bonds. The van der Waals surface area contributed by atoms with E-state index in [2.05, 4.69) is 15.5 Å². The summed E-state index contributed by atoms with van der Waals surface area (Å²) >= 11 is 0. The van der Waals surface area contributed by atoms with Gasteiger partial charge >= 0.3 is 0 Å². The smallest absolute Gasteiger partial charge is 0.227 e. The summed E-state index contributed by atoms with van der Waals surface area (Å²) in [5.74, 6) is 0.195. The molecule has 0 saturated carbocycles. The van der Waals surface area contributed by atoms with Crippen LogP contribution < -0.4 is 5.32 Å². The summed E-state index contributed by atoms with van der Waals surface area (Å²) < 4.78 is 0. The van der Waals surface area contributed by atoms with E-state index < -0.39 is 0 Å². The highest BCUT2D eigenvalue weighted by Crippen LogP contribution is 2.21. The molecule has 0 spiro atoms. The molecule has 1 aliphatic heterocycles. The molecule has 4 heteroatoms. The van der Waals surface area contributed by atoms with Gasteiger partial charge in [0, 0.05) is 5.92 Å². The van der Waals surface area contributed by atoms with Crippen molar-refractivity contribution >= 4 is 11.6 Å². The molecule has 2 N–H and O–H groups in total. The molecular weight excluding hydrogens is 154 g/mol. The molecule has 1 unspecified atom stereocenters. The van der Waals surface area contributed by atoms with E-state index in [0.717, 1.165) is 24.2 Å². The number of carbonyl (C=O) groups excluding carboxylic acids is 1. The minimum atomic E-state index is 0.0927. The minimum Gasteiger partial charge on any atom is -0.323 e. The standard InChI is InChI=1S/C8H11N3O/c1-5-2-3-6-7(4-9-11-6)10-8(5)12/h4-5H,2-3H2,1H3,(H,9,11)(H,10,12). The number of anilines is 1. The van der Waals surface area contributed by atoms with Gasteiger partial charge in [0.1, 0.15) is 0 Å². The summed E-state index contributed by atoms with van der Waals surface area (Å²) in [4.78, 5) is 11.3. The number of amides is 1. The highest BCUT2D eigenvalue weighted by Gasteiger charge is 2.20. The summed E-state index contributed by atoms with van der Waals surface area (Å²) in [5.41, 5.74) is 1.87. The Morgan fingerprint density at radius 2 is 2.50 bits per heavy atom. The van der Waals surface area contributed by atoms with Crippen molar-refractivity contribution in [3.8, 4) is 0 Å². The molecule has 1 aliphatic rings. The summed E-state index contributed by atoms with van der Waals surface area (Å²) in [6.45, 7) is 1.94. The molecule has 1 atom stereocenters. The van der Waals surface area contributed by atoms with Gasteiger partial charge in [-0.1, -0.05) is 6.92 Å². The van der Waals surface area contributed by atoms with E-state index in [4.69, 9.17) is 0 Å². The predicted molar refractivity (Wildman–Crippen MR) is 44.7 cm³/mol. The summed E-state index contributed by atoms with van der Waals surface area (Å²) in [6.07, 6.45) is 3.45. The largest absolute Gasteiger partial charge is 0.323 e. The zero-order chi connectivity index (χ0) is 8.55. The molecule has 1 aromatic heterocycles. The van der Waals surface area contributed by atoms with Gasteiger partial charge in [-0.05, 0) is 12.8 Å². The molecule has 0 aliphatic carbocycles. The first-order valence-electron chi connectivity index (χ1n) is 4.10. The highest BCUT2D eigenvalue weighted by molar-refractivity contribution is 5.93. The Morgan fingerprint density at radius 3 is 3.33 bits per heavy atom. The highest BCUT2D eigenvalue weighted by atomic mass is 16.1. The molecule has 0 radical (unpaired) electrons. The Morgan fingerprint density at radius 1 is 1.67 bits per heavy atom. The lowest BCUT2D eigenvalue weighted by molar-refractivity contribution is -0.119. The molecule has 4 nitrogen and oxygen atoms in total. The van der Waals surface area contributed by atoms with Crippen molar-refractivity contribution in [2.24, 2.45) is 5.92 Å². The number of aromatic amines is 1. The molecule has 0 fully saturated rings. The zero-order valence-corrected chi connectivity index (χ0v) is 6.92. The number of nitrogens with one attached hydrogen (secondary N) is 2. The van der Waals surface area contributed by atoms with Crippen LogP contribution in [0, 0.1) is 5.92 Å². The first-order valence-corrected chi connectivity index (χ1v) is 4.10. The van der Waals surface area contributed by atoms with Gasteiger partial charge in [-0.2, -0.15) is 5.10 Å². The number of H-pyrrole nitrogens is 1. The summed E-state index contributed by atoms with van der Waals surface area (Å²) in [7, 11) is 0. The molecular formula is C8H11N3O. The quantitative estimate of drug-likeness (QED) is 0.600. The van der Waals surface area contributed by atoms with Crippen LogP contribution in [0.2, 0.25) is 0 Å². The normalized spacial score (nSPS) is 22.8. The monoisotopic (exact) mass is 165 g/mol. The van der Waals surface area contributed by atoms with Gasteiger partial charge in [0.15, 0.2) is 0 Å². The second-order valence-corrected chi connectivity index (χ2v) is 3.19. The van der Waals surface area contributed by atoms with Crippen LogP contribution in [-0.4, -0.2) is 16.1 Å². The Hall–Kier alpha value is -1.32. The Bertz CT molecular complexity index is 305. The fourth-order valence-corrected chi connectivity index (χ4v) is 1.36. The Labute approximate surface area is 70.4 Å². The molecule has 12 heavy (non-hydrogen) atoms. The molecule has 0 saturated heterocycles. The van der Waals surface area contributed by atoms with Crippen LogP contribution in [0.25, 0.3) is 0 Å². The van der Waals surface area contributed by atoms with E-state index in [-0.39, 0.29) is 11.8 Å². The number of rotatable bonds is 0. The number of hydrogen-bond acceptors (Lipinski definition) is 2.